The first-order chi connectivity index (χ1) is 6.78. The molecule has 1 saturated carbocycles. The zero-order valence-electron chi connectivity index (χ0n) is 7.99. The molecule has 0 atom stereocenters. The van der Waals surface area contributed by atoms with E-state index >= 15 is 0 Å². The molecule has 0 unspecified atom stereocenters. The number of hydrogen-bond donors (Lipinski definition) is 1. The summed E-state index contributed by atoms with van der Waals surface area (Å²) in [6, 6.07) is 0. The molecule has 0 bridgehead atoms. The van der Waals surface area contributed by atoms with Gasteiger partial charge in [-0.3, -0.25) is 0 Å². The fourth-order valence-electron chi connectivity index (χ4n) is 1.73. The van der Waals surface area contributed by atoms with Crippen LogP contribution in [-0.2, 0) is 17.7 Å². The van der Waals surface area contributed by atoms with Gasteiger partial charge in [0.25, 0.3) is 0 Å². The predicted molar refractivity (Wildman–Crippen MR) is 57.0 cm³/mol. The van der Waals surface area contributed by atoms with Crippen molar-refractivity contribution in [3.63, 3.8) is 0 Å². The zero-order chi connectivity index (χ0) is 9.60. The van der Waals surface area contributed by atoms with Gasteiger partial charge < -0.3 is 5.73 Å². The maximum Gasteiger partial charge on any atom is 0.148 e. The molecule has 74 valence electrons. The largest absolute Gasteiger partial charge is 0.319 e. The van der Waals surface area contributed by atoms with Crippen LogP contribution in [0, 0.1) is 0 Å². The van der Waals surface area contributed by atoms with Crippen LogP contribution >= 0.6 is 11.8 Å². The van der Waals surface area contributed by atoms with E-state index in [1.165, 1.54) is 17.0 Å². The molecule has 2 heterocycles. The van der Waals surface area contributed by atoms with Gasteiger partial charge in [-0.05, 0) is 30.6 Å². The Morgan fingerprint density at radius 3 is 3.07 bits per heavy atom. The molecule has 1 aliphatic carbocycles. The smallest absolute Gasteiger partial charge is 0.148 e. The van der Waals surface area contributed by atoms with Gasteiger partial charge in [-0.1, -0.05) is 0 Å². The summed E-state index contributed by atoms with van der Waals surface area (Å²) < 4.78 is 0. The minimum absolute atomic E-state index is 0.183. The minimum atomic E-state index is -0.183. The van der Waals surface area contributed by atoms with Gasteiger partial charge in [-0.15, -0.1) is 0 Å². The molecule has 2 aliphatic rings. The molecular weight excluding hydrogens is 194 g/mol. The fourth-order valence-corrected chi connectivity index (χ4v) is 2.68. The van der Waals surface area contributed by atoms with Gasteiger partial charge in [-0.2, -0.15) is 11.8 Å². The lowest BCUT2D eigenvalue weighted by molar-refractivity contribution is 0.662. The number of hydrogen-bond acceptors (Lipinski definition) is 4. The fraction of sp³-hybridized carbons (Fsp3) is 0.600. The van der Waals surface area contributed by atoms with Crippen LogP contribution in [0.5, 0.6) is 0 Å². The second-order valence-electron chi connectivity index (χ2n) is 4.12. The lowest BCUT2D eigenvalue weighted by Crippen LogP contribution is -2.23. The normalized spacial score (nSPS) is 22.9. The molecule has 1 aliphatic heterocycles. The molecule has 0 spiro atoms. The highest BCUT2D eigenvalue weighted by Gasteiger charge is 2.43. The van der Waals surface area contributed by atoms with E-state index in [9.17, 15) is 0 Å². The zero-order valence-corrected chi connectivity index (χ0v) is 8.81. The summed E-state index contributed by atoms with van der Waals surface area (Å²) in [6.45, 7) is 0. The van der Waals surface area contributed by atoms with Crippen molar-refractivity contribution in [2.45, 2.75) is 30.6 Å². The number of thioether (sulfide) groups is 1. The predicted octanol–water partition coefficient (Wildman–Crippen LogP) is 1.21. The number of nitrogens with two attached hydrogens (primary N) is 1. The van der Waals surface area contributed by atoms with Crippen LogP contribution in [0.3, 0.4) is 0 Å². The third kappa shape index (κ3) is 1.33. The summed E-state index contributed by atoms with van der Waals surface area (Å²) in [5.74, 6) is 3.09. The number of aryl methyl sites for hydroxylation is 1. The Morgan fingerprint density at radius 2 is 2.29 bits per heavy atom. The van der Waals surface area contributed by atoms with Crippen molar-refractivity contribution in [1.82, 2.24) is 9.97 Å². The molecule has 1 aromatic rings. The van der Waals surface area contributed by atoms with Gasteiger partial charge in [-0.25, -0.2) is 9.97 Å². The molecule has 3 rings (SSSR count). The van der Waals surface area contributed by atoms with E-state index in [4.69, 9.17) is 5.73 Å². The summed E-state index contributed by atoms with van der Waals surface area (Å²) in [4.78, 5) is 8.97. The van der Waals surface area contributed by atoms with E-state index in [0.717, 1.165) is 30.8 Å². The summed E-state index contributed by atoms with van der Waals surface area (Å²) in [7, 11) is 0. The SMILES string of the molecule is NC1(c2ncc3c(n2)CSCC3)CC1. The quantitative estimate of drug-likeness (QED) is 0.752. The third-order valence-corrected chi connectivity index (χ3v) is 3.91. The van der Waals surface area contributed by atoms with E-state index in [1.807, 2.05) is 18.0 Å². The van der Waals surface area contributed by atoms with E-state index in [-0.39, 0.29) is 5.54 Å². The second kappa shape index (κ2) is 2.94. The van der Waals surface area contributed by atoms with Crippen molar-refractivity contribution < 1.29 is 0 Å². The van der Waals surface area contributed by atoms with Crippen LogP contribution in [0.4, 0.5) is 0 Å². The Hall–Kier alpha value is -0.610. The highest BCUT2D eigenvalue weighted by molar-refractivity contribution is 7.98. The van der Waals surface area contributed by atoms with Gasteiger partial charge in [0.1, 0.15) is 5.82 Å². The second-order valence-corrected chi connectivity index (χ2v) is 5.23. The van der Waals surface area contributed by atoms with Gasteiger partial charge in [0.15, 0.2) is 0 Å². The van der Waals surface area contributed by atoms with Gasteiger partial charge in [0.2, 0.25) is 0 Å². The van der Waals surface area contributed by atoms with Crippen LogP contribution in [-0.4, -0.2) is 15.7 Å². The Balaban J connectivity index is 2.01. The lowest BCUT2D eigenvalue weighted by atomic mass is 10.1. The van der Waals surface area contributed by atoms with Crippen molar-refractivity contribution in [2.75, 3.05) is 5.75 Å². The summed E-state index contributed by atoms with van der Waals surface area (Å²) in [5.41, 5.74) is 8.41. The first-order valence-electron chi connectivity index (χ1n) is 5.00. The van der Waals surface area contributed by atoms with Gasteiger partial charge in [0.05, 0.1) is 11.2 Å². The summed E-state index contributed by atoms with van der Waals surface area (Å²) in [5, 5.41) is 0. The average Bonchev–Trinajstić information content (AvgIpc) is 2.97. The van der Waals surface area contributed by atoms with E-state index in [1.54, 1.807) is 0 Å². The molecule has 14 heavy (non-hydrogen) atoms. The van der Waals surface area contributed by atoms with E-state index in [0.29, 0.717) is 0 Å². The molecule has 1 aromatic heterocycles. The van der Waals surface area contributed by atoms with Gasteiger partial charge in [0, 0.05) is 11.9 Å². The molecule has 0 amide bonds. The third-order valence-electron chi connectivity index (χ3n) is 2.94. The summed E-state index contributed by atoms with van der Waals surface area (Å²) in [6.07, 6.45) is 5.17. The Labute approximate surface area is 87.5 Å². The highest BCUT2D eigenvalue weighted by Crippen LogP contribution is 2.41. The number of aromatic nitrogens is 2. The maximum absolute atomic E-state index is 6.07. The van der Waals surface area contributed by atoms with E-state index < -0.39 is 0 Å². The average molecular weight is 207 g/mol. The number of rotatable bonds is 1. The van der Waals surface area contributed by atoms with Crippen molar-refractivity contribution in [3.05, 3.63) is 23.3 Å². The standard InChI is InChI=1S/C10H13N3S/c11-10(2-3-10)9-12-5-7-1-4-14-6-8(7)13-9/h5H,1-4,6,11H2. The molecule has 0 saturated heterocycles. The number of fused-ring (bicyclic) bond motifs is 1. The van der Waals surface area contributed by atoms with Crippen molar-refractivity contribution >= 4 is 11.8 Å². The highest BCUT2D eigenvalue weighted by atomic mass is 32.2. The Kier molecular flexibility index (Phi) is 1.82. The summed E-state index contributed by atoms with van der Waals surface area (Å²) >= 11 is 1.95. The van der Waals surface area contributed by atoms with Gasteiger partial charge >= 0.3 is 0 Å². The molecule has 3 nitrogen and oxygen atoms in total. The minimum Gasteiger partial charge on any atom is -0.319 e. The Bertz CT molecular complexity index is 374. The van der Waals surface area contributed by atoms with Crippen molar-refractivity contribution in [2.24, 2.45) is 5.73 Å². The topological polar surface area (TPSA) is 51.8 Å². The van der Waals surface area contributed by atoms with Crippen LogP contribution in [0.1, 0.15) is 29.9 Å². The Morgan fingerprint density at radius 1 is 1.43 bits per heavy atom. The lowest BCUT2D eigenvalue weighted by Gasteiger charge is -2.16. The molecule has 0 radical (unpaired) electrons. The molecule has 1 fully saturated rings. The van der Waals surface area contributed by atoms with Crippen LogP contribution < -0.4 is 5.73 Å². The van der Waals surface area contributed by atoms with Crippen LogP contribution in [0.15, 0.2) is 6.20 Å². The number of nitrogens with zero attached hydrogens (tertiary/aromatic N) is 2. The molecule has 2 N–H and O–H groups in total. The van der Waals surface area contributed by atoms with Crippen molar-refractivity contribution in [3.8, 4) is 0 Å². The maximum atomic E-state index is 6.07. The molecular formula is C10H13N3S. The first kappa shape index (κ1) is 8.68. The first-order valence-corrected chi connectivity index (χ1v) is 6.15. The molecule has 4 heteroatoms. The van der Waals surface area contributed by atoms with Crippen LogP contribution in [0.2, 0.25) is 0 Å². The van der Waals surface area contributed by atoms with E-state index in [2.05, 4.69) is 9.97 Å². The monoisotopic (exact) mass is 207 g/mol. The molecule has 0 aromatic carbocycles. The van der Waals surface area contributed by atoms with Crippen LogP contribution in [0.25, 0.3) is 0 Å². The van der Waals surface area contributed by atoms with Crippen molar-refractivity contribution in [1.29, 1.82) is 0 Å².